The standard InChI is InChI=1S/C24H31N5O3S/c1-27-17-19(33(31,32)28-14-8-3-9-15-28)16-22(27)23(30)26-24-25-20-12-6-7-13-21(20)29(24)18-10-4-2-5-11-18/h6-7,12-13,16-18H,2-5,8-11,14-15H2,1H3,(H,25,26,30). The number of sulfonamides is 1. The number of benzene rings is 1. The third kappa shape index (κ3) is 4.19. The number of rotatable bonds is 5. The molecule has 0 unspecified atom stereocenters. The van der Waals surface area contributed by atoms with E-state index in [1.54, 1.807) is 11.6 Å². The second kappa shape index (κ2) is 8.95. The number of fused-ring (bicyclic) bond motifs is 1. The summed E-state index contributed by atoms with van der Waals surface area (Å²) in [6, 6.07) is 9.71. The Hall–Kier alpha value is -2.65. The van der Waals surface area contributed by atoms with Crippen molar-refractivity contribution in [1.29, 1.82) is 0 Å². The van der Waals surface area contributed by atoms with Crippen LogP contribution in [0, 0.1) is 0 Å². The molecule has 0 radical (unpaired) electrons. The zero-order valence-electron chi connectivity index (χ0n) is 19.0. The zero-order valence-corrected chi connectivity index (χ0v) is 19.9. The Morgan fingerprint density at radius 1 is 1.03 bits per heavy atom. The van der Waals surface area contributed by atoms with Crippen molar-refractivity contribution in [2.24, 2.45) is 7.05 Å². The number of piperidine rings is 1. The fourth-order valence-corrected chi connectivity index (χ4v) is 6.75. The van der Waals surface area contributed by atoms with E-state index >= 15 is 0 Å². The van der Waals surface area contributed by atoms with Crippen LogP contribution in [0.2, 0.25) is 0 Å². The van der Waals surface area contributed by atoms with Crippen LogP contribution >= 0.6 is 0 Å². The summed E-state index contributed by atoms with van der Waals surface area (Å²) in [6.45, 7) is 1.06. The first-order valence-electron chi connectivity index (χ1n) is 11.9. The summed E-state index contributed by atoms with van der Waals surface area (Å²) in [5.74, 6) is 0.166. The fourth-order valence-electron chi connectivity index (χ4n) is 5.16. The van der Waals surface area contributed by atoms with Crippen LogP contribution in [-0.4, -0.2) is 45.8 Å². The highest BCUT2D eigenvalue weighted by atomic mass is 32.2. The molecule has 1 N–H and O–H groups in total. The number of aromatic nitrogens is 3. The van der Waals surface area contributed by atoms with Gasteiger partial charge < -0.3 is 9.13 Å². The number of anilines is 1. The van der Waals surface area contributed by atoms with Gasteiger partial charge in [0.15, 0.2) is 0 Å². The minimum absolute atomic E-state index is 0.165. The zero-order chi connectivity index (χ0) is 23.0. The van der Waals surface area contributed by atoms with Crippen molar-refractivity contribution >= 4 is 32.9 Å². The number of hydrogen-bond acceptors (Lipinski definition) is 4. The van der Waals surface area contributed by atoms with Crippen LogP contribution in [0.15, 0.2) is 41.4 Å². The molecule has 176 valence electrons. The first kappa shape index (κ1) is 22.2. The van der Waals surface area contributed by atoms with E-state index in [2.05, 4.69) is 9.88 Å². The molecule has 1 saturated heterocycles. The molecule has 9 heteroatoms. The van der Waals surface area contributed by atoms with E-state index in [1.165, 1.54) is 35.8 Å². The minimum atomic E-state index is -3.60. The van der Waals surface area contributed by atoms with Gasteiger partial charge in [0.2, 0.25) is 16.0 Å². The summed E-state index contributed by atoms with van der Waals surface area (Å²) in [5.41, 5.74) is 2.16. The second-order valence-electron chi connectivity index (χ2n) is 9.18. The minimum Gasteiger partial charge on any atom is -0.345 e. The van der Waals surface area contributed by atoms with Gasteiger partial charge in [-0.2, -0.15) is 4.31 Å². The van der Waals surface area contributed by atoms with E-state index in [0.717, 1.165) is 43.1 Å². The Bertz CT molecular complexity index is 1260. The van der Waals surface area contributed by atoms with Gasteiger partial charge in [-0.1, -0.05) is 37.8 Å². The lowest BCUT2D eigenvalue weighted by Crippen LogP contribution is -2.35. The molecule has 2 aliphatic rings. The van der Waals surface area contributed by atoms with Crippen LogP contribution in [0.3, 0.4) is 0 Å². The van der Waals surface area contributed by atoms with Gasteiger partial charge >= 0.3 is 0 Å². The van der Waals surface area contributed by atoms with E-state index in [0.29, 0.717) is 30.8 Å². The molecule has 8 nitrogen and oxygen atoms in total. The van der Waals surface area contributed by atoms with Crippen LogP contribution in [0.1, 0.15) is 67.9 Å². The third-order valence-electron chi connectivity index (χ3n) is 6.93. The normalized spacial score (nSPS) is 18.6. The Morgan fingerprint density at radius 3 is 2.48 bits per heavy atom. The van der Waals surface area contributed by atoms with Crippen molar-refractivity contribution in [3.05, 3.63) is 42.2 Å². The molecule has 2 fully saturated rings. The SMILES string of the molecule is Cn1cc(S(=O)(=O)N2CCCCC2)cc1C(=O)Nc1nc2ccccc2n1C1CCCCC1. The topological polar surface area (TPSA) is 89.2 Å². The van der Waals surface area contributed by atoms with Crippen LogP contribution in [0.4, 0.5) is 5.95 Å². The molecule has 3 heterocycles. The maximum Gasteiger partial charge on any atom is 0.274 e. The van der Waals surface area contributed by atoms with Crippen LogP contribution in [-0.2, 0) is 17.1 Å². The molecule has 5 rings (SSSR count). The second-order valence-corrected chi connectivity index (χ2v) is 11.1. The smallest absolute Gasteiger partial charge is 0.274 e. The maximum absolute atomic E-state index is 13.3. The molecule has 1 saturated carbocycles. The lowest BCUT2D eigenvalue weighted by atomic mass is 9.95. The number of carbonyl (C=O) groups excluding carboxylic acids is 1. The number of aryl methyl sites for hydroxylation is 1. The van der Waals surface area contributed by atoms with Gasteiger partial charge in [-0.05, 0) is 43.9 Å². The van der Waals surface area contributed by atoms with E-state index in [-0.39, 0.29) is 10.8 Å². The summed E-state index contributed by atoms with van der Waals surface area (Å²) < 4.78 is 31.4. The Labute approximate surface area is 194 Å². The van der Waals surface area contributed by atoms with Crippen molar-refractivity contribution < 1.29 is 13.2 Å². The molecule has 0 spiro atoms. The lowest BCUT2D eigenvalue weighted by Gasteiger charge is -2.25. The molecule has 2 aromatic heterocycles. The van der Waals surface area contributed by atoms with Gasteiger partial charge in [0.1, 0.15) is 10.6 Å². The number of carbonyl (C=O) groups is 1. The van der Waals surface area contributed by atoms with Crippen LogP contribution in [0.5, 0.6) is 0 Å². The molecule has 0 atom stereocenters. The highest BCUT2D eigenvalue weighted by Gasteiger charge is 2.29. The van der Waals surface area contributed by atoms with Crippen molar-refractivity contribution in [2.45, 2.75) is 62.3 Å². The summed E-state index contributed by atoms with van der Waals surface area (Å²) in [6.07, 6.45) is 10.0. The van der Waals surface area contributed by atoms with Gasteiger partial charge in [-0.25, -0.2) is 13.4 Å². The Morgan fingerprint density at radius 2 is 1.73 bits per heavy atom. The summed E-state index contributed by atoms with van der Waals surface area (Å²) >= 11 is 0. The Kier molecular flexibility index (Phi) is 6.01. The predicted octanol–water partition coefficient (Wildman–Crippen LogP) is 4.31. The maximum atomic E-state index is 13.3. The van der Waals surface area contributed by atoms with E-state index in [1.807, 2.05) is 24.3 Å². The number of para-hydroxylation sites is 2. The van der Waals surface area contributed by atoms with Gasteiger partial charge in [0, 0.05) is 32.4 Å². The van der Waals surface area contributed by atoms with Crippen molar-refractivity contribution in [3.8, 4) is 0 Å². The highest BCUT2D eigenvalue weighted by Crippen LogP contribution is 2.34. The average Bonchev–Trinajstić information content (AvgIpc) is 3.41. The van der Waals surface area contributed by atoms with E-state index in [9.17, 15) is 13.2 Å². The summed E-state index contributed by atoms with van der Waals surface area (Å²) in [5, 5.41) is 2.98. The van der Waals surface area contributed by atoms with Gasteiger partial charge in [0.05, 0.1) is 11.0 Å². The van der Waals surface area contributed by atoms with Crippen LogP contribution < -0.4 is 5.32 Å². The van der Waals surface area contributed by atoms with Gasteiger partial charge in [-0.3, -0.25) is 10.1 Å². The molecule has 1 amide bonds. The lowest BCUT2D eigenvalue weighted by molar-refractivity contribution is 0.101. The average molecular weight is 470 g/mol. The highest BCUT2D eigenvalue weighted by molar-refractivity contribution is 7.89. The molecule has 3 aromatic rings. The fraction of sp³-hybridized carbons (Fsp3) is 0.500. The Balaban J connectivity index is 1.45. The first-order valence-corrected chi connectivity index (χ1v) is 13.3. The monoisotopic (exact) mass is 469 g/mol. The van der Waals surface area contributed by atoms with E-state index < -0.39 is 10.0 Å². The first-order chi connectivity index (χ1) is 15.9. The molecule has 0 bridgehead atoms. The van der Waals surface area contributed by atoms with Crippen molar-refractivity contribution in [2.75, 3.05) is 18.4 Å². The quantitative estimate of drug-likeness (QED) is 0.603. The number of nitrogens with zero attached hydrogens (tertiary/aromatic N) is 4. The van der Waals surface area contributed by atoms with Crippen LogP contribution in [0.25, 0.3) is 11.0 Å². The van der Waals surface area contributed by atoms with Gasteiger partial charge in [0.25, 0.3) is 5.91 Å². The van der Waals surface area contributed by atoms with Gasteiger partial charge in [-0.15, -0.1) is 0 Å². The van der Waals surface area contributed by atoms with Crippen molar-refractivity contribution in [1.82, 2.24) is 18.4 Å². The molecule has 33 heavy (non-hydrogen) atoms. The largest absolute Gasteiger partial charge is 0.345 e. The van der Waals surface area contributed by atoms with Crippen molar-refractivity contribution in [3.63, 3.8) is 0 Å². The number of amides is 1. The molecule has 1 aliphatic heterocycles. The number of imidazole rings is 1. The molecular formula is C24H31N5O3S. The summed E-state index contributed by atoms with van der Waals surface area (Å²) in [4.78, 5) is 18.1. The number of hydrogen-bond donors (Lipinski definition) is 1. The third-order valence-corrected chi connectivity index (χ3v) is 8.79. The molecular weight excluding hydrogens is 438 g/mol. The predicted molar refractivity (Wildman–Crippen MR) is 128 cm³/mol. The van der Waals surface area contributed by atoms with E-state index in [4.69, 9.17) is 4.98 Å². The molecule has 1 aromatic carbocycles. The molecule has 1 aliphatic carbocycles. The summed E-state index contributed by atoms with van der Waals surface area (Å²) in [7, 11) is -1.90. The number of nitrogens with one attached hydrogen (secondary N) is 1.